The van der Waals surface area contributed by atoms with E-state index >= 15 is 0 Å². The molecule has 0 heterocycles. The molecule has 0 aromatic carbocycles. The SMILES string of the molecule is FC(F)C(F)(F)C(F)(F)C(Cl)(Cl)Cl. The van der Waals surface area contributed by atoms with Crippen LogP contribution in [0.1, 0.15) is 0 Å². The molecular weight excluding hydrogens is 268 g/mol. The van der Waals surface area contributed by atoms with Crippen molar-refractivity contribution in [1.29, 1.82) is 0 Å². The molecule has 0 unspecified atom stereocenters. The van der Waals surface area contributed by atoms with E-state index in [9.17, 15) is 26.3 Å². The van der Waals surface area contributed by atoms with Crippen molar-refractivity contribution in [3.63, 3.8) is 0 Å². The van der Waals surface area contributed by atoms with Crippen molar-refractivity contribution in [1.82, 2.24) is 0 Å². The molecule has 0 nitrogen and oxygen atoms in total. The molecule has 0 atom stereocenters. The van der Waals surface area contributed by atoms with Gasteiger partial charge in [-0.2, -0.15) is 17.6 Å². The summed E-state index contributed by atoms with van der Waals surface area (Å²) in [5.41, 5.74) is 0. The predicted octanol–water partition coefficient (Wildman–Crippen LogP) is 3.89. The standard InChI is InChI=1S/C4HCl3F6/c5-4(6,7)3(12,13)2(10,11)1(8)9/h1H. The molecule has 0 saturated carbocycles. The normalized spacial score (nSPS) is 15.2. The summed E-state index contributed by atoms with van der Waals surface area (Å²) < 4.78 is 67.9. The quantitative estimate of drug-likeness (QED) is 0.527. The fraction of sp³-hybridized carbons (Fsp3) is 1.00. The van der Waals surface area contributed by atoms with Crippen molar-refractivity contribution in [3.8, 4) is 0 Å². The molecule has 0 saturated heterocycles. The third kappa shape index (κ3) is 2.27. The first-order valence-corrected chi connectivity index (χ1v) is 3.68. The molecule has 0 bridgehead atoms. The molecule has 0 aromatic rings. The summed E-state index contributed by atoms with van der Waals surface area (Å²) in [5, 5.41) is 0. The summed E-state index contributed by atoms with van der Waals surface area (Å²) in [6, 6.07) is 0. The van der Waals surface area contributed by atoms with E-state index in [4.69, 9.17) is 0 Å². The highest BCUT2D eigenvalue weighted by atomic mass is 35.6. The fourth-order valence-corrected chi connectivity index (χ4v) is 0.704. The van der Waals surface area contributed by atoms with Crippen molar-refractivity contribution in [2.75, 3.05) is 0 Å². The molecule has 0 aromatic heterocycles. The summed E-state index contributed by atoms with van der Waals surface area (Å²) in [7, 11) is 0. The molecule has 9 heteroatoms. The van der Waals surface area contributed by atoms with Gasteiger partial charge in [-0.15, -0.1) is 0 Å². The minimum Gasteiger partial charge on any atom is -0.203 e. The zero-order valence-electron chi connectivity index (χ0n) is 5.48. The summed E-state index contributed by atoms with van der Waals surface area (Å²) >= 11 is 13.3. The average molecular weight is 269 g/mol. The third-order valence-corrected chi connectivity index (χ3v) is 1.76. The Bertz CT molecular complexity index is 185. The maximum Gasteiger partial charge on any atom is 0.373 e. The van der Waals surface area contributed by atoms with Crippen LogP contribution < -0.4 is 0 Å². The highest BCUT2D eigenvalue weighted by molar-refractivity contribution is 6.68. The van der Waals surface area contributed by atoms with Crippen molar-refractivity contribution < 1.29 is 26.3 Å². The lowest BCUT2D eigenvalue weighted by Gasteiger charge is -2.30. The molecule has 0 aliphatic carbocycles. The molecule has 80 valence electrons. The van der Waals surface area contributed by atoms with Gasteiger partial charge in [-0.3, -0.25) is 0 Å². The second kappa shape index (κ2) is 3.55. The molecule has 13 heavy (non-hydrogen) atoms. The van der Waals surface area contributed by atoms with E-state index in [0.717, 1.165) is 0 Å². The largest absolute Gasteiger partial charge is 0.373 e. The molecule has 0 spiro atoms. The van der Waals surface area contributed by atoms with Gasteiger partial charge in [0.25, 0.3) is 3.79 Å². The van der Waals surface area contributed by atoms with E-state index in [1.807, 2.05) is 0 Å². The highest BCUT2D eigenvalue weighted by Crippen LogP contribution is 2.52. The van der Waals surface area contributed by atoms with Crippen molar-refractivity contribution >= 4 is 34.8 Å². The lowest BCUT2D eigenvalue weighted by molar-refractivity contribution is -0.261. The fourth-order valence-electron chi connectivity index (χ4n) is 0.326. The van der Waals surface area contributed by atoms with E-state index in [1.165, 1.54) is 0 Å². The number of hydrogen-bond acceptors (Lipinski definition) is 0. The topological polar surface area (TPSA) is 0 Å². The van der Waals surface area contributed by atoms with Crippen LogP contribution in [0.15, 0.2) is 0 Å². The Morgan fingerprint density at radius 3 is 1.23 bits per heavy atom. The molecule has 0 rings (SSSR count). The van der Waals surface area contributed by atoms with Crippen molar-refractivity contribution in [2.24, 2.45) is 0 Å². The Kier molecular flexibility index (Phi) is 3.67. The van der Waals surface area contributed by atoms with Crippen LogP contribution in [0, 0.1) is 0 Å². The van der Waals surface area contributed by atoms with Gasteiger partial charge in [0.05, 0.1) is 0 Å². The Hall–Kier alpha value is 0.450. The minimum atomic E-state index is -5.68. The number of hydrogen-bond donors (Lipinski definition) is 0. The van der Waals surface area contributed by atoms with Gasteiger partial charge < -0.3 is 0 Å². The van der Waals surface area contributed by atoms with Crippen LogP contribution in [-0.4, -0.2) is 22.1 Å². The smallest absolute Gasteiger partial charge is 0.203 e. The number of alkyl halides is 9. The molecule has 0 radical (unpaired) electrons. The van der Waals surface area contributed by atoms with Crippen LogP contribution in [0.3, 0.4) is 0 Å². The van der Waals surface area contributed by atoms with Gasteiger partial charge in [0.2, 0.25) is 0 Å². The van der Waals surface area contributed by atoms with E-state index in [-0.39, 0.29) is 0 Å². The maximum atomic E-state index is 12.3. The molecule has 0 amide bonds. The number of halogens is 9. The molecule has 0 N–H and O–H groups in total. The third-order valence-electron chi connectivity index (χ3n) is 1.05. The molecular formula is C4HCl3F6. The molecule has 0 aliphatic rings. The minimum absolute atomic E-state index is 3.78. The lowest BCUT2D eigenvalue weighted by Crippen LogP contribution is -2.54. The first kappa shape index (κ1) is 13.4. The predicted molar refractivity (Wildman–Crippen MR) is 36.2 cm³/mol. The lowest BCUT2D eigenvalue weighted by atomic mass is 10.2. The van der Waals surface area contributed by atoms with E-state index in [1.54, 1.807) is 0 Å². The maximum absolute atomic E-state index is 12.3. The summed E-state index contributed by atoms with van der Waals surface area (Å²) in [6.45, 7) is 0. The van der Waals surface area contributed by atoms with Gasteiger partial charge in [-0.25, -0.2) is 8.78 Å². The van der Waals surface area contributed by atoms with Crippen LogP contribution in [0.2, 0.25) is 0 Å². The van der Waals surface area contributed by atoms with Gasteiger partial charge in [-0.1, -0.05) is 34.8 Å². The van der Waals surface area contributed by atoms with Crippen LogP contribution in [0.25, 0.3) is 0 Å². The van der Waals surface area contributed by atoms with Crippen LogP contribution >= 0.6 is 34.8 Å². The molecule has 0 aliphatic heterocycles. The van der Waals surface area contributed by atoms with Gasteiger partial charge >= 0.3 is 18.3 Å². The first-order chi connectivity index (χ1) is 5.44. The van der Waals surface area contributed by atoms with E-state index in [0.29, 0.717) is 0 Å². The van der Waals surface area contributed by atoms with Gasteiger partial charge in [-0.05, 0) is 0 Å². The molecule has 0 fully saturated rings. The Morgan fingerprint density at radius 2 is 1.15 bits per heavy atom. The number of rotatable bonds is 2. The van der Waals surface area contributed by atoms with Crippen molar-refractivity contribution in [3.05, 3.63) is 0 Å². The first-order valence-electron chi connectivity index (χ1n) is 2.55. The highest BCUT2D eigenvalue weighted by Gasteiger charge is 2.72. The van der Waals surface area contributed by atoms with Gasteiger partial charge in [0.15, 0.2) is 0 Å². The van der Waals surface area contributed by atoms with E-state index < -0.39 is 22.1 Å². The zero-order valence-corrected chi connectivity index (χ0v) is 7.75. The summed E-state index contributed by atoms with van der Waals surface area (Å²) in [6.07, 6.45) is -4.61. The second-order valence-corrected chi connectivity index (χ2v) is 4.28. The van der Waals surface area contributed by atoms with Gasteiger partial charge in [0, 0.05) is 0 Å². The summed E-state index contributed by atoms with van der Waals surface area (Å²) in [5.74, 6) is -11.1. The Balaban J connectivity index is 5.04. The average Bonchev–Trinajstić information content (AvgIpc) is 1.84. The second-order valence-electron chi connectivity index (χ2n) is 2.00. The summed E-state index contributed by atoms with van der Waals surface area (Å²) in [4.78, 5) is 0. The van der Waals surface area contributed by atoms with E-state index in [2.05, 4.69) is 34.8 Å². The van der Waals surface area contributed by atoms with Crippen LogP contribution in [0.5, 0.6) is 0 Å². The monoisotopic (exact) mass is 268 g/mol. The van der Waals surface area contributed by atoms with Crippen LogP contribution in [-0.2, 0) is 0 Å². The van der Waals surface area contributed by atoms with Gasteiger partial charge in [0.1, 0.15) is 0 Å². The Morgan fingerprint density at radius 1 is 0.846 bits per heavy atom. The van der Waals surface area contributed by atoms with Crippen LogP contribution in [0.4, 0.5) is 26.3 Å². The van der Waals surface area contributed by atoms with Crippen molar-refractivity contribution in [2.45, 2.75) is 22.1 Å². The zero-order chi connectivity index (χ0) is 11.1. The Labute approximate surface area is 83.7 Å².